The molecule has 0 saturated heterocycles. The van der Waals surface area contributed by atoms with Gasteiger partial charge in [-0.1, -0.05) is 32.8 Å². The minimum atomic E-state index is -4.61. The molecule has 1 unspecified atom stereocenters. The number of carbonyl (C=O) groups is 1. The lowest BCUT2D eigenvalue weighted by Crippen LogP contribution is -2.14. The zero-order valence-corrected chi connectivity index (χ0v) is 21.0. The molecule has 36 heavy (non-hydrogen) atoms. The number of hydrogen-bond donors (Lipinski definition) is 1. The molecule has 0 fully saturated rings. The second kappa shape index (κ2) is 11.8. The molecule has 2 rings (SSSR count). The summed E-state index contributed by atoms with van der Waals surface area (Å²) < 4.78 is 97.6. The molecule has 0 saturated carbocycles. The zero-order valence-electron chi connectivity index (χ0n) is 20.2. The summed E-state index contributed by atoms with van der Waals surface area (Å²) in [6, 6.07) is 3.80. The van der Waals surface area contributed by atoms with Gasteiger partial charge in [0.05, 0.1) is 6.26 Å². The summed E-state index contributed by atoms with van der Waals surface area (Å²) in [5.41, 5.74) is -0.937. The molecule has 1 atom stereocenters. The van der Waals surface area contributed by atoms with Gasteiger partial charge in [0.1, 0.15) is 17.5 Å². The standard InChI is InChI=1S/C24H27F5N2O4S/c1-5-7-15(17-9-10-21(24(27,28)29)30-20(17)8-6-2)13-22(32)35-14(3)16-11-18(25)23(19(26)12-16)31-36(4,33)34/h9-14,31H,5-8H2,1-4H3/b15-13-. The van der Waals surface area contributed by atoms with Crippen LogP contribution in [0, 0.1) is 11.6 Å². The van der Waals surface area contributed by atoms with Crippen molar-refractivity contribution in [3.05, 3.63) is 64.5 Å². The van der Waals surface area contributed by atoms with Crippen molar-refractivity contribution in [1.29, 1.82) is 0 Å². The molecule has 2 aromatic rings. The van der Waals surface area contributed by atoms with Crippen LogP contribution in [0.2, 0.25) is 0 Å². The van der Waals surface area contributed by atoms with E-state index in [-0.39, 0.29) is 17.7 Å². The van der Waals surface area contributed by atoms with E-state index in [1.54, 1.807) is 11.6 Å². The van der Waals surface area contributed by atoms with E-state index < -0.39 is 51.3 Å². The smallest absolute Gasteiger partial charge is 0.433 e. The molecular weight excluding hydrogens is 507 g/mol. The second-order valence-electron chi connectivity index (χ2n) is 8.17. The summed E-state index contributed by atoms with van der Waals surface area (Å²) in [4.78, 5) is 16.4. The number of rotatable bonds is 10. The number of esters is 1. The third-order valence-corrected chi connectivity index (χ3v) is 5.60. The molecule has 1 heterocycles. The highest BCUT2D eigenvalue weighted by Gasteiger charge is 2.33. The van der Waals surface area contributed by atoms with Gasteiger partial charge in [-0.05, 0) is 54.7 Å². The molecule has 0 aliphatic rings. The zero-order chi connectivity index (χ0) is 27.3. The maximum Gasteiger partial charge on any atom is 0.433 e. The Balaban J connectivity index is 2.35. The fourth-order valence-corrected chi connectivity index (χ4v) is 4.03. The SMILES string of the molecule is CCC/C(=C/C(=O)OC(C)c1cc(F)c(NS(C)(=O)=O)c(F)c1)c1ccc(C(F)(F)F)nc1CCC. The highest BCUT2D eigenvalue weighted by atomic mass is 32.2. The first kappa shape index (κ1) is 29.2. The maximum absolute atomic E-state index is 14.3. The predicted octanol–water partition coefficient (Wildman–Crippen LogP) is 6.19. The highest BCUT2D eigenvalue weighted by Crippen LogP contribution is 2.32. The van der Waals surface area contributed by atoms with Crippen molar-refractivity contribution in [1.82, 2.24) is 4.98 Å². The molecule has 6 nitrogen and oxygen atoms in total. The van der Waals surface area contributed by atoms with Crippen LogP contribution in [0.5, 0.6) is 0 Å². The van der Waals surface area contributed by atoms with Crippen LogP contribution >= 0.6 is 0 Å². The molecule has 198 valence electrons. The van der Waals surface area contributed by atoms with Gasteiger partial charge in [-0.25, -0.2) is 27.0 Å². The Morgan fingerprint density at radius 3 is 2.25 bits per heavy atom. The normalized spacial score (nSPS) is 13.4. The number of ether oxygens (including phenoxy) is 1. The van der Waals surface area contributed by atoms with E-state index in [1.165, 1.54) is 13.0 Å². The number of allylic oxidation sites excluding steroid dienone is 1. The lowest BCUT2D eigenvalue weighted by molar-refractivity contribution is -0.143. The van der Waals surface area contributed by atoms with Crippen LogP contribution in [0.25, 0.3) is 5.57 Å². The van der Waals surface area contributed by atoms with E-state index >= 15 is 0 Å². The first-order valence-corrected chi connectivity index (χ1v) is 13.0. The summed E-state index contributed by atoms with van der Waals surface area (Å²) in [5.74, 6) is -3.26. The first-order chi connectivity index (χ1) is 16.7. The molecular formula is C24H27F5N2O4S. The fourth-order valence-electron chi connectivity index (χ4n) is 3.46. The molecule has 0 aliphatic carbocycles. The van der Waals surface area contributed by atoms with Crippen molar-refractivity contribution < 1.29 is 39.9 Å². The van der Waals surface area contributed by atoms with E-state index in [1.807, 2.05) is 6.92 Å². The molecule has 1 N–H and O–H groups in total. The second-order valence-corrected chi connectivity index (χ2v) is 9.92. The van der Waals surface area contributed by atoms with Gasteiger partial charge in [0.25, 0.3) is 0 Å². The van der Waals surface area contributed by atoms with Crippen LogP contribution in [-0.4, -0.2) is 25.6 Å². The van der Waals surface area contributed by atoms with Gasteiger partial charge in [0.15, 0.2) is 11.6 Å². The number of benzene rings is 1. The number of nitrogens with one attached hydrogen (secondary N) is 1. The molecule has 1 aromatic carbocycles. The third-order valence-electron chi connectivity index (χ3n) is 5.02. The minimum absolute atomic E-state index is 0.0642. The number of halogens is 5. The van der Waals surface area contributed by atoms with Crippen molar-refractivity contribution in [3.63, 3.8) is 0 Å². The Kier molecular flexibility index (Phi) is 9.58. The van der Waals surface area contributed by atoms with Crippen LogP contribution in [0.4, 0.5) is 27.6 Å². The molecule has 0 aliphatic heterocycles. The summed E-state index contributed by atoms with van der Waals surface area (Å²) in [6.07, 6.45) is -2.14. The van der Waals surface area contributed by atoms with E-state index in [4.69, 9.17) is 4.74 Å². The minimum Gasteiger partial charge on any atom is -0.455 e. The molecule has 1 aromatic heterocycles. The van der Waals surface area contributed by atoms with Crippen molar-refractivity contribution >= 4 is 27.3 Å². The lowest BCUT2D eigenvalue weighted by atomic mass is 9.97. The number of sulfonamides is 1. The number of pyridine rings is 1. The molecule has 0 radical (unpaired) electrons. The number of aromatic nitrogens is 1. The van der Waals surface area contributed by atoms with Crippen LogP contribution in [-0.2, 0) is 32.2 Å². The van der Waals surface area contributed by atoms with Gasteiger partial charge in [0.2, 0.25) is 10.0 Å². The monoisotopic (exact) mass is 534 g/mol. The van der Waals surface area contributed by atoms with Crippen molar-refractivity contribution in [2.45, 2.75) is 58.7 Å². The predicted molar refractivity (Wildman–Crippen MR) is 125 cm³/mol. The summed E-state index contributed by atoms with van der Waals surface area (Å²) in [6.45, 7) is 4.99. The van der Waals surface area contributed by atoms with Crippen molar-refractivity contribution in [2.24, 2.45) is 0 Å². The van der Waals surface area contributed by atoms with Crippen LogP contribution in [0.15, 0.2) is 30.3 Å². The Morgan fingerprint density at radius 1 is 1.14 bits per heavy atom. The highest BCUT2D eigenvalue weighted by molar-refractivity contribution is 7.92. The number of nitrogens with zero attached hydrogens (tertiary/aromatic N) is 1. The quantitative estimate of drug-likeness (QED) is 0.223. The van der Waals surface area contributed by atoms with E-state index in [9.17, 15) is 35.2 Å². The third kappa shape index (κ3) is 8.00. The van der Waals surface area contributed by atoms with Crippen LogP contribution < -0.4 is 4.72 Å². The largest absolute Gasteiger partial charge is 0.455 e. The Morgan fingerprint density at radius 2 is 1.75 bits per heavy atom. The van der Waals surface area contributed by atoms with Gasteiger partial charge in [-0.15, -0.1) is 0 Å². The van der Waals surface area contributed by atoms with Gasteiger partial charge in [0, 0.05) is 11.8 Å². The number of anilines is 1. The Bertz CT molecular complexity index is 1220. The van der Waals surface area contributed by atoms with Crippen molar-refractivity contribution in [2.75, 3.05) is 11.0 Å². The average molecular weight is 535 g/mol. The summed E-state index contributed by atoms with van der Waals surface area (Å²) in [5, 5.41) is 0. The van der Waals surface area contributed by atoms with Gasteiger partial charge < -0.3 is 4.74 Å². The van der Waals surface area contributed by atoms with Gasteiger partial charge >= 0.3 is 12.1 Å². The van der Waals surface area contributed by atoms with E-state index in [0.29, 0.717) is 30.4 Å². The number of carbonyl (C=O) groups excluding carboxylic acids is 1. The number of aryl methyl sites for hydroxylation is 1. The topological polar surface area (TPSA) is 85.4 Å². The molecule has 0 amide bonds. The first-order valence-electron chi connectivity index (χ1n) is 11.1. The Hall–Kier alpha value is -3.02. The van der Waals surface area contributed by atoms with Gasteiger partial charge in [-0.2, -0.15) is 13.2 Å². The summed E-state index contributed by atoms with van der Waals surface area (Å²) >= 11 is 0. The Labute approximate surface area is 206 Å². The number of alkyl halides is 3. The van der Waals surface area contributed by atoms with Crippen LogP contribution in [0.1, 0.15) is 68.7 Å². The number of hydrogen-bond acceptors (Lipinski definition) is 5. The lowest BCUT2D eigenvalue weighted by Gasteiger charge is -2.17. The molecule has 0 bridgehead atoms. The fraction of sp³-hybridized carbons (Fsp3) is 0.417. The molecule has 0 spiro atoms. The summed E-state index contributed by atoms with van der Waals surface area (Å²) in [7, 11) is -3.93. The maximum atomic E-state index is 14.3. The van der Waals surface area contributed by atoms with E-state index in [0.717, 1.165) is 30.5 Å². The molecule has 12 heteroatoms. The van der Waals surface area contributed by atoms with Crippen LogP contribution in [0.3, 0.4) is 0 Å². The average Bonchev–Trinajstić information content (AvgIpc) is 2.74. The van der Waals surface area contributed by atoms with Gasteiger partial charge in [-0.3, -0.25) is 4.72 Å². The van der Waals surface area contributed by atoms with Crippen molar-refractivity contribution in [3.8, 4) is 0 Å². The van der Waals surface area contributed by atoms with E-state index in [2.05, 4.69) is 4.98 Å².